The Morgan fingerprint density at radius 3 is 2.68 bits per heavy atom. The number of benzene rings is 1. The van der Waals surface area contributed by atoms with Crippen LogP contribution in [0.5, 0.6) is 0 Å². The van der Waals surface area contributed by atoms with E-state index in [1.165, 1.54) is 11.4 Å². The summed E-state index contributed by atoms with van der Waals surface area (Å²) in [6, 6.07) is 10.5. The average molecular weight is 275 g/mol. The van der Waals surface area contributed by atoms with Crippen LogP contribution in [-0.4, -0.2) is 23.1 Å². The van der Waals surface area contributed by atoms with Gasteiger partial charge >= 0.3 is 0 Å². The maximum atomic E-state index is 5.31. The van der Waals surface area contributed by atoms with E-state index < -0.39 is 0 Å². The number of aryl methyl sites for hydroxylation is 1. The lowest BCUT2D eigenvalue weighted by Gasteiger charge is -2.19. The Morgan fingerprint density at radius 1 is 1.26 bits per heavy atom. The van der Waals surface area contributed by atoms with Crippen molar-refractivity contribution in [2.45, 2.75) is 26.3 Å². The Hall–Kier alpha value is -1.55. The topological polar surface area (TPSA) is 24.0 Å². The summed E-state index contributed by atoms with van der Waals surface area (Å²) in [6.07, 6.45) is 4.12. The summed E-state index contributed by atoms with van der Waals surface area (Å²) in [6.45, 7) is 4.16. The number of imidazole rings is 1. The first kappa shape index (κ1) is 13.9. The lowest BCUT2D eigenvalue weighted by atomic mass is 10.3. The molecule has 1 heterocycles. The van der Waals surface area contributed by atoms with E-state index in [-0.39, 0.29) is 0 Å². The standard InChI is InChI=1S/C15H21N3S/c1-3-13-12-16-15(19)18(13)11-7-10-17(2)14-8-5-4-6-9-14/h4-6,8-9,12H,3,7,10-11H2,1-2H3,(H,16,19). The van der Waals surface area contributed by atoms with Gasteiger partial charge in [0.2, 0.25) is 0 Å². The largest absolute Gasteiger partial charge is 0.375 e. The van der Waals surface area contributed by atoms with Gasteiger partial charge in [0.05, 0.1) is 0 Å². The smallest absolute Gasteiger partial charge is 0.177 e. The van der Waals surface area contributed by atoms with Crippen molar-refractivity contribution in [3.8, 4) is 0 Å². The minimum Gasteiger partial charge on any atom is -0.375 e. The molecule has 0 amide bonds. The number of rotatable bonds is 6. The van der Waals surface area contributed by atoms with Gasteiger partial charge < -0.3 is 14.5 Å². The molecule has 0 atom stereocenters. The van der Waals surface area contributed by atoms with Crippen molar-refractivity contribution in [3.05, 3.63) is 47.0 Å². The lowest BCUT2D eigenvalue weighted by molar-refractivity contribution is 0.611. The Balaban J connectivity index is 1.90. The van der Waals surface area contributed by atoms with E-state index in [2.05, 4.69) is 52.7 Å². The molecular formula is C15H21N3S. The van der Waals surface area contributed by atoms with E-state index >= 15 is 0 Å². The van der Waals surface area contributed by atoms with Crippen LogP contribution in [-0.2, 0) is 13.0 Å². The number of aromatic amines is 1. The van der Waals surface area contributed by atoms with Crippen LogP contribution in [0.25, 0.3) is 0 Å². The van der Waals surface area contributed by atoms with Gasteiger partial charge in [-0.2, -0.15) is 0 Å². The fraction of sp³-hybridized carbons (Fsp3) is 0.400. The van der Waals surface area contributed by atoms with E-state index in [4.69, 9.17) is 12.2 Å². The number of para-hydroxylation sites is 1. The molecule has 0 bridgehead atoms. The molecule has 2 aromatic rings. The lowest BCUT2D eigenvalue weighted by Crippen LogP contribution is -2.20. The van der Waals surface area contributed by atoms with E-state index in [1.54, 1.807) is 0 Å². The first-order chi connectivity index (χ1) is 9.22. The summed E-state index contributed by atoms with van der Waals surface area (Å²) >= 11 is 5.31. The summed E-state index contributed by atoms with van der Waals surface area (Å²) < 4.78 is 3.04. The van der Waals surface area contributed by atoms with Gasteiger partial charge in [-0.15, -0.1) is 0 Å². The molecule has 2 rings (SSSR count). The number of nitrogens with one attached hydrogen (secondary N) is 1. The van der Waals surface area contributed by atoms with Crippen molar-refractivity contribution in [3.63, 3.8) is 0 Å². The summed E-state index contributed by atoms with van der Waals surface area (Å²) in [5.74, 6) is 0. The number of H-pyrrole nitrogens is 1. The molecule has 1 aromatic heterocycles. The maximum Gasteiger partial charge on any atom is 0.177 e. The molecule has 1 aromatic carbocycles. The molecule has 0 unspecified atom stereocenters. The first-order valence-electron chi connectivity index (χ1n) is 6.75. The molecule has 0 spiro atoms. The van der Waals surface area contributed by atoms with Gasteiger partial charge in [0.25, 0.3) is 0 Å². The zero-order chi connectivity index (χ0) is 13.7. The van der Waals surface area contributed by atoms with Crippen LogP contribution in [0.4, 0.5) is 5.69 Å². The van der Waals surface area contributed by atoms with Crippen LogP contribution >= 0.6 is 12.2 Å². The number of anilines is 1. The highest BCUT2D eigenvalue weighted by molar-refractivity contribution is 7.71. The second kappa shape index (κ2) is 6.57. The van der Waals surface area contributed by atoms with E-state index in [0.29, 0.717) is 0 Å². The van der Waals surface area contributed by atoms with E-state index in [0.717, 1.165) is 30.7 Å². The molecule has 0 aliphatic heterocycles. The van der Waals surface area contributed by atoms with Gasteiger partial charge in [-0.3, -0.25) is 0 Å². The zero-order valence-electron chi connectivity index (χ0n) is 11.6. The van der Waals surface area contributed by atoms with Crippen LogP contribution in [0, 0.1) is 4.77 Å². The second-order valence-electron chi connectivity index (χ2n) is 4.70. The molecule has 0 fully saturated rings. The second-order valence-corrected chi connectivity index (χ2v) is 5.09. The van der Waals surface area contributed by atoms with Crippen LogP contribution in [0.1, 0.15) is 19.0 Å². The highest BCUT2D eigenvalue weighted by Crippen LogP contribution is 2.12. The number of aromatic nitrogens is 2. The highest BCUT2D eigenvalue weighted by atomic mass is 32.1. The Morgan fingerprint density at radius 2 is 2.00 bits per heavy atom. The van der Waals surface area contributed by atoms with Crippen molar-refractivity contribution in [1.29, 1.82) is 0 Å². The molecule has 1 N–H and O–H groups in total. The molecule has 102 valence electrons. The van der Waals surface area contributed by atoms with Crippen molar-refractivity contribution >= 4 is 17.9 Å². The van der Waals surface area contributed by atoms with Crippen molar-refractivity contribution in [1.82, 2.24) is 9.55 Å². The normalized spacial score (nSPS) is 10.6. The summed E-state index contributed by atoms with van der Waals surface area (Å²) in [5.41, 5.74) is 2.54. The maximum absolute atomic E-state index is 5.31. The van der Waals surface area contributed by atoms with E-state index in [1.807, 2.05) is 12.3 Å². The summed E-state index contributed by atoms with van der Waals surface area (Å²) in [7, 11) is 2.13. The van der Waals surface area contributed by atoms with Gasteiger partial charge in [-0.05, 0) is 37.2 Å². The Kier molecular flexibility index (Phi) is 4.80. The monoisotopic (exact) mass is 275 g/mol. The average Bonchev–Trinajstić information content (AvgIpc) is 2.80. The zero-order valence-corrected chi connectivity index (χ0v) is 12.4. The third-order valence-corrected chi connectivity index (χ3v) is 3.73. The molecule has 19 heavy (non-hydrogen) atoms. The van der Waals surface area contributed by atoms with Crippen LogP contribution in [0.15, 0.2) is 36.5 Å². The molecule has 0 aliphatic carbocycles. The molecule has 3 nitrogen and oxygen atoms in total. The minimum atomic E-state index is 0.833. The molecular weight excluding hydrogens is 254 g/mol. The fourth-order valence-corrected chi connectivity index (χ4v) is 2.51. The van der Waals surface area contributed by atoms with E-state index in [9.17, 15) is 0 Å². The van der Waals surface area contributed by atoms with Gasteiger partial charge in [-0.25, -0.2) is 0 Å². The molecule has 0 radical (unpaired) electrons. The van der Waals surface area contributed by atoms with Gasteiger partial charge in [0.15, 0.2) is 4.77 Å². The summed E-state index contributed by atoms with van der Waals surface area (Å²) in [5, 5.41) is 0. The third kappa shape index (κ3) is 3.47. The predicted octanol–water partition coefficient (Wildman–Crippen LogP) is 3.63. The fourth-order valence-electron chi connectivity index (χ4n) is 2.25. The molecule has 4 heteroatoms. The van der Waals surface area contributed by atoms with Crippen molar-refractivity contribution in [2.24, 2.45) is 0 Å². The van der Waals surface area contributed by atoms with Gasteiger partial charge in [0, 0.05) is 37.7 Å². The molecule has 0 saturated heterocycles. The Bertz CT molecular complexity index is 556. The quantitative estimate of drug-likeness (QED) is 0.814. The number of nitrogens with zero attached hydrogens (tertiary/aromatic N) is 2. The van der Waals surface area contributed by atoms with Crippen molar-refractivity contribution < 1.29 is 0 Å². The highest BCUT2D eigenvalue weighted by Gasteiger charge is 2.03. The molecule has 0 aliphatic rings. The Labute approximate surface area is 119 Å². The molecule has 0 saturated carbocycles. The van der Waals surface area contributed by atoms with Crippen LogP contribution in [0.2, 0.25) is 0 Å². The SMILES string of the molecule is CCc1c[nH]c(=S)n1CCCN(C)c1ccccc1. The first-order valence-corrected chi connectivity index (χ1v) is 7.16. The van der Waals surface area contributed by atoms with Crippen LogP contribution < -0.4 is 4.90 Å². The van der Waals surface area contributed by atoms with Crippen molar-refractivity contribution in [2.75, 3.05) is 18.5 Å². The van der Waals surface area contributed by atoms with Gasteiger partial charge in [-0.1, -0.05) is 25.1 Å². The third-order valence-electron chi connectivity index (χ3n) is 3.39. The summed E-state index contributed by atoms with van der Waals surface area (Å²) in [4.78, 5) is 5.40. The minimum absolute atomic E-state index is 0.833. The van der Waals surface area contributed by atoms with Gasteiger partial charge in [0.1, 0.15) is 0 Å². The predicted molar refractivity (Wildman–Crippen MR) is 83.3 cm³/mol. The van der Waals surface area contributed by atoms with Crippen LogP contribution in [0.3, 0.4) is 0 Å². The number of hydrogen-bond acceptors (Lipinski definition) is 2. The number of hydrogen-bond donors (Lipinski definition) is 1.